The Morgan fingerprint density at radius 1 is 1.50 bits per heavy atom. The molecule has 0 aromatic carbocycles. The molecular weight excluding hydrogens is 316 g/mol. The van der Waals surface area contributed by atoms with E-state index in [1.165, 1.54) is 11.3 Å². The van der Waals surface area contributed by atoms with Crippen LogP contribution in [0, 0.1) is 0 Å². The van der Waals surface area contributed by atoms with Gasteiger partial charge in [-0.1, -0.05) is 0 Å². The number of rotatable bonds is 1. The third-order valence-corrected chi connectivity index (χ3v) is 4.42. The number of aromatic nitrogens is 2. The Labute approximate surface area is 116 Å². The van der Waals surface area contributed by atoms with Crippen molar-refractivity contribution < 1.29 is 4.79 Å². The molecule has 0 spiro atoms. The molecule has 1 aliphatic rings. The van der Waals surface area contributed by atoms with E-state index in [1.807, 2.05) is 11.4 Å². The van der Waals surface area contributed by atoms with E-state index in [-0.39, 0.29) is 11.9 Å². The number of carbonyl (C=O) groups is 1. The largest absolute Gasteiger partial charge is 0.368 e. The molecule has 0 radical (unpaired) electrons. The van der Waals surface area contributed by atoms with Gasteiger partial charge in [-0.25, -0.2) is 9.97 Å². The van der Waals surface area contributed by atoms with Crippen LogP contribution in [-0.2, 0) is 13.1 Å². The van der Waals surface area contributed by atoms with Gasteiger partial charge in [0.15, 0.2) is 0 Å². The lowest BCUT2D eigenvalue weighted by molar-refractivity contribution is 0.0755. The van der Waals surface area contributed by atoms with E-state index in [1.54, 1.807) is 11.1 Å². The van der Waals surface area contributed by atoms with Crippen LogP contribution in [-0.4, -0.2) is 20.8 Å². The monoisotopic (exact) mass is 324 g/mol. The number of carbonyl (C=O) groups excluding carboxylic acids is 1. The number of nitrogen functional groups attached to an aromatic ring is 1. The summed E-state index contributed by atoms with van der Waals surface area (Å²) in [5.74, 6) is 0.268. The molecule has 92 valence electrons. The normalized spacial score (nSPS) is 13.7. The van der Waals surface area contributed by atoms with Gasteiger partial charge in [-0.15, -0.1) is 11.3 Å². The summed E-state index contributed by atoms with van der Waals surface area (Å²) in [6, 6.07) is 1.83. The number of halogens is 1. The molecule has 1 aliphatic heterocycles. The van der Waals surface area contributed by atoms with Crippen molar-refractivity contribution in [1.29, 1.82) is 0 Å². The second kappa shape index (κ2) is 4.33. The Morgan fingerprint density at radius 2 is 2.33 bits per heavy atom. The van der Waals surface area contributed by atoms with Gasteiger partial charge in [0, 0.05) is 28.2 Å². The predicted molar refractivity (Wildman–Crippen MR) is 72.0 cm³/mol. The Kier molecular flexibility index (Phi) is 2.79. The van der Waals surface area contributed by atoms with Crippen LogP contribution in [0.15, 0.2) is 22.1 Å². The van der Waals surface area contributed by atoms with Gasteiger partial charge in [0.2, 0.25) is 5.95 Å². The highest BCUT2D eigenvalue weighted by molar-refractivity contribution is 9.10. The number of anilines is 1. The first-order chi connectivity index (χ1) is 8.63. The Morgan fingerprint density at radius 3 is 3.06 bits per heavy atom. The smallest absolute Gasteiger partial charge is 0.264 e. The van der Waals surface area contributed by atoms with Crippen molar-refractivity contribution in [2.75, 3.05) is 5.73 Å². The second-order valence-corrected chi connectivity index (χ2v) is 5.82. The van der Waals surface area contributed by atoms with Gasteiger partial charge in [-0.2, -0.15) is 0 Å². The van der Waals surface area contributed by atoms with Crippen LogP contribution >= 0.6 is 27.3 Å². The number of hydrogen-bond acceptors (Lipinski definition) is 5. The second-order valence-electron chi connectivity index (χ2n) is 3.99. The minimum atomic E-state index is 0.0160. The molecule has 7 heteroatoms. The van der Waals surface area contributed by atoms with Crippen LogP contribution in [0.3, 0.4) is 0 Å². The van der Waals surface area contributed by atoms with E-state index in [0.717, 1.165) is 20.6 Å². The van der Waals surface area contributed by atoms with Crippen molar-refractivity contribution in [2.45, 2.75) is 13.1 Å². The van der Waals surface area contributed by atoms with Crippen LogP contribution < -0.4 is 5.73 Å². The molecule has 2 aromatic heterocycles. The van der Waals surface area contributed by atoms with Crippen molar-refractivity contribution in [3.05, 3.63) is 38.3 Å². The summed E-state index contributed by atoms with van der Waals surface area (Å²) in [4.78, 5) is 22.8. The van der Waals surface area contributed by atoms with Crippen molar-refractivity contribution in [2.24, 2.45) is 0 Å². The lowest BCUT2D eigenvalue weighted by Gasteiger charge is -2.13. The Hall–Kier alpha value is -1.47. The van der Waals surface area contributed by atoms with Crippen molar-refractivity contribution in [3.63, 3.8) is 0 Å². The average Bonchev–Trinajstić information content (AvgIpc) is 2.93. The zero-order valence-electron chi connectivity index (χ0n) is 9.26. The highest BCUT2D eigenvalue weighted by atomic mass is 79.9. The Balaban J connectivity index is 1.83. The Bertz CT molecular complexity index is 627. The molecule has 3 rings (SSSR count). The fourth-order valence-electron chi connectivity index (χ4n) is 1.89. The third kappa shape index (κ3) is 1.99. The number of amides is 1. The molecule has 0 bridgehead atoms. The summed E-state index contributed by atoms with van der Waals surface area (Å²) in [6.45, 7) is 1.04. The molecule has 2 aromatic rings. The molecule has 2 N–H and O–H groups in total. The van der Waals surface area contributed by atoms with Gasteiger partial charge in [0.05, 0.1) is 17.1 Å². The molecule has 5 nitrogen and oxygen atoms in total. The quantitative estimate of drug-likeness (QED) is 0.871. The fourth-order valence-corrected chi connectivity index (χ4v) is 3.29. The lowest BCUT2D eigenvalue weighted by atomic mass is 10.3. The van der Waals surface area contributed by atoms with Crippen LogP contribution in [0.5, 0.6) is 0 Å². The number of fused-ring (bicyclic) bond motifs is 1. The highest BCUT2D eigenvalue weighted by Gasteiger charge is 2.26. The molecule has 0 saturated heterocycles. The summed E-state index contributed by atoms with van der Waals surface area (Å²) in [6.07, 6.45) is 1.69. The minimum absolute atomic E-state index is 0.0160. The average molecular weight is 325 g/mol. The van der Waals surface area contributed by atoms with Gasteiger partial charge in [-0.05, 0) is 22.0 Å². The van der Waals surface area contributed by atoms with Gasteiger partial charge in [0.25, 0.3) is 5.91 Å². The van der Waals surface area contributed by atoms with Crippen LogP contribution in [0.2, 0.25) is 0 Å². The van der Waals surface area contributed by atoms with E-state index < -0.39 is 0 Å². The number of hydrogen-bond donors (Lipinski definition) is 1. The maximum absolute atomic E-state index is 12.2. The molecule has 18 heavy (non-hydrogen) atoms. The molecule has 0 fully saturated rings. The van der Waals surface area contributed by atoms with Crippen LogP contribution in [0.1, 0.15) is 20.9 Å². The molecular formula is C11H9BrN4OS. The SMILES string of the molecule is Nc1ncc2c(n1)CN(C(=O)c1cc(Br)cs1)C2. The van der Waals surface area contributed by atoms with E-state index in [4.69, 9.17) is 5.73 Å². The minimum Gasteiger partial charge on any atom is -0.368 e. The van der Waals surface area contributed by atoms with Crippen molar-refractivity contribution in [3.8, 4) is 0 Å². The first kappa shape index (κ1) is 11.6. The zero-order valence-corrected chi connectivity index (χ0v) is 11.7. The van der Waals surface area contributed by atoms with Crippen molar-refractivity contribution >= 4 is 39.1 Å². The fraction of sp³-hybridized carbons (Fsp3) is 0.182. The van der Waals surface area contributed by atoms with E-state index in [2.05, 4.69) is 25.9 Å². The maximum atomic E-state index is 12.2. The van der Waals surface area contributed by atoms with E-state index >= 15 is 0 Å². The topological polar surface area (TPSA) is 72.1 Å². The molecule has 0 unspecified atom stereocenters. The number of thiophene rings is 1. The molecule has 0 aliphatic carbocycles. The van der Waals surface area contributed by atoms with Crippen LogP contribution in [0.25, 0.3) is 0 Å². The third-order valence-electron chi connectivity index (χ3n) is 2.74. The lowest BCUT2D eigenvalue weighted by Crippen LogP contribution is -2.24. The summed E-state index contributed by atoms with van der Waals surface area (Å²) in [5, 5.41) is 1.90. The molecule has 3 heterocycles. The number of nitrogens with zero attached hydrogens (tertiary/aromatic N) is 3. The summed E-state index contributed by atoms with van der Waals surface area (Å²) in [5.41, 5.74) is 7.34. The van der Waals surface area contributed by atoms with Crippen LogP contribution in [0.4, 0.5) is 5.95 Å². The summed E-state index contributed by atoms with van der Waals surface area (Å²) >= 11 is 4.78. The predicted octanol–water partition coefficient (Wildman–Crippen LogP) is 2.04. The molecule has 0 saturated carbocycles. The zero-order chi connectivity index (χ0) is 12.7. The molecule has 0 atom stereocenters. The van der Waals surface area contributed by atoms with Crippen molar-refractivity contribution in [1.82, 2.24) is 14.9 Å². The van der Waals surface area contributed by atoms with E-state index in [0.29, 0.717) is 13.1 Å². The van der Waals surface area contributed by atoms with Gasteiger partial charge >= 0.3 is 0 Å². The van der Waals surface area contributed by atoms with E-state index in [9.17, 15) is 4.79 Å². The molecule has 1 amide bonds. The summed E-state index contributed by atoms with van der Waals surface area (Å²) < 4.78 is 0.927. The maximum Gasteiger partial charge on any atom is 0.264 e. The summed E-state index contributed by atoms with van der Waals surface area (Å²) in [7, 11) is 0. The number of nitrogens with two attached hydrogens (primary N) is 1. The first-order valence-corrected chi connectivity index (χ1v) is 6.94. The standard InChI is InChI=1S/C11H9BrN4OS/c12-7-1-9(18-5-7)10(17)16-3-6-2-14-11(13)15-8(6)4-16/h1-2,5H,3-4H2,(H2,13,14,15). The highest BCUT2D eigenvalue weighted by Crippen LogP contribution is 2.26. The first-order valence-electron chi connectivity index (χ1n) is 5.27. The van der Waals surface area contributed by atoms with Gasteiger partial charge in [-0.3, -0.25) is 4.79 Å². The van der Waals surface area contributed by atoms with Gasteiger partial charge < -0.3 is 10.6 Å². The van der Waals surface area contributed by atoms with Gasteiger partial charge in [0.1, 0.15) is 0 Å².